The van der Waals surface area contributed by atoms with Gasteiger partial charge in [0, 0.05) is 6.20 Å². The summed E-state index contributed by atoms with van der Waals surface area (Å²) in [7, 11) is 0. The second-order valence-corrected chi connectivity index (χ2v) is 3.78. The first-order valence-corrected chi connectivity index (χ1v) is 5.48. The van der Waals surface area contributed by atoms with Crippen molar-refractivity contribution in [3.05, 3.63) is 59.9 Å². The molecule has 2 aromatic rings. The molecule has 0 aliphatic carbocycles. The van der Waals surface area contributed by atoms with E-state index in [1.54, 1.807) is 12.3 Å². The summed E-state index contributed by atoms with van der Waals surface area (Å²) in [5, 5.41) is 12.3. The number of para-hydroxylation sites is 1. The molecule has 0 aliphatic heterocycles. The molecule has 1 N–H and O–H groups in total. The van der Waals surface area contributed by atoms with Crippen LogP contribution >= 0.6 is 0 Å². The molecule has 0 radical (unpaired) electrons. The van der Waals surface area contributed by atoms with E-state index in [9.17, 15) is 0 Å². The molecule has 0 spiro atoms. The average molecular weight is 223 g/mol. The Kier molecular flexibility index (Phi) is 3.37. The van der Waals surface area contributed by atoms with Crippen LogP contribution < -0.4 is 5.32 Å². The molecule has 17 heavy (non-hydrogen) atoms. The smallest absolute Gasteiger partial charge is 0.101 e. The maximum absolute atomic E-state index is 9.00. The summed E-state index contributed by atoms with van der Waals surface area (Å²) in [6.07, 6.45) is 1.77. The summed E-state index contributed by atoms with van der Waals surface area (Å²) in [6.45, 7) is 2.02. The van der Waals surface area contributed by atoms with Crippen LogP contribution in [0.2, 0.25) is 0 Å². The van der Waals surface area contributed by atoms with Crippen LogP contribution in [0.3, 0.4) is 0 Å². The molecule has 1 heterocycles. The van der Waals surface area contributed by atoms with Crippen molar-refractivity contribution >= 4 is 5.69 Å². The van der Waals surface area contributed by atoms with Gasteiger partial charge in [0.15, 0.2) is 0 Å². The molecule has 0 amide bonds. The van der Waals surface area contributed by atoms with Gasteiger partial charge in [-0.1, -0.05) is 18.2 Å². The van der Waals surface area contributed by atoms with E-state index >= 15 is 0 Å². The van der Waals surface area contributed by atoms with Crippen LogP contribution in [-0.2, 0) is 0 Å². The van der Waals surface area contributed by atoms with Gasteiger partial charge in [-0.05, 0) is 31.2 Å². The molecule has 3 nitrogen and oxygen atoms in total. The molecule has 0 saturated carbocycles. The van der Waals surface area contributed by atoms with Crippen molar-refractivity contribution < 1.29 is 0 Å². The first kappa shape index (κ1) is 11.2. The van der Waals surface area contributed by atoms with Crippen LogP contribution in [0.15, 0.2) is 48.7 Å². The van der Waals surface area contributed by atoms with E-state index < -0.39 is 0 Å². The van der Waals surface area contributed by atoms with Crippen LogP contribution in [-0.4, -0.2) is 4.98 Å². The summed E-state index contributed by atoms with van der Waals surface area (Å²) in [4.78, 5) is 4.28. The van der Waals surface area contributed by atoms with Crippen molar-refractivity contribution in [2.45, 2.75) is 13.0 Å². The van der Waals surface area contributed by atoms with Crippen LogP contribution in [0, 0.1) is 11.3 Å². The van der Waals surface area contributed by atoms with Crippen molar-refractivity contribution in [2.24, 2.45) is 0 Å². The number of pyridine rings is 1. The Hall–Kier alpha value is -2.34. The molecule has 84 valence electrons. The standard InChI is InChI=1S/C14H13N3/c1-11(13-7-4-5-9-16-13)17-14-8-3-2-6-12(14)10-15/h2-9,11,17H,1H3/t11-/m0/s1. The van der Waals surface area contributed by atoms with Gasteiger partial charge in [-0.15, -0.1) is 0 Å². The van der Waals surface area contributed by atoms with Crippen molar-refractivity contribution in [3.63, 3.8) is 0 Å². The summed E-state index contributed by atoms with van der Waals surface area (Å²) in [5.74, 6) is 0. The number of nitrogens with zero attached hydrogens (tertiary/aromatic N) is 2. The molecule has 0 saturated heterocycles. The lowest BCUT2D eigenvalue weighted by molar-refractivity contribution is 0.839. The SMILES string of the molecule is C[C@H](Nc1ccccc1C#N)c1ccccn1. The Balaban J connectivity index is 2.19. The van der Waals surface area contributed by atoms with E-state index in [1.807, 2.05) is 43.3 Å². The highest BCUT2D eigenvalue weighted by atomic mass is 14.9. The summed E-state index contributed by atoms with van der Waals surface area (Å²) >= 11 is 0. The predicted octanol–water partition coefficient (Wildman–Crippen LogP) is 3.13. The van der Waals surface area contributed by atoms with Gasteiger partial charge in [0.05, 0.1) is 23.0 Å². The molecule has 1 aromatic carbocycles. The first-order valence-electron chi connectivity index (χ1n) is 5.48. The molecule has 0 fully saturated rings. The molecular formula is C14H13N3. The van der Waals surface area contributed by atoms with Crippen LogP contribution in [0.5, 0.6) is 0 Å². The Morgan fingerprint density at radius 3 is 2.65 bits per heavy atom. The lowest BCUT2D eigenvalue weighted by Crippen LogP contribution is -2.09. The van der Waals surface area contributed by atoms with Crippen molar-refractivity contribution in [1.29, 1.82) is 5.26 Å². The van der Waals surface area contributed by atoms with Gasteiger partial charge >= 0.3 is 0 Å². The molecular weight excluding hydrogens is 210 g/mol. The minimum atomic E-state index is 0.0747. The van der Waals surface area contributed by atoms with Crippen molar-refractivity contribution in [1.82, 2.24) is 4.98 Å². The van der Waals surface area contributed by atoms with Crippen molar-refractivity contribution in [2.75, 3.05) is 5.32 Å². The number of nitriles is 1. The van der Waals surface area contributed by atoms with Crippen LogP contribution in [0.4, 0.5) is 5.69 Å². The number of nitrogens with one attached hydrogen (secondary N) is 1. The van der Waals surface area contributed by atoms with Gasteiger partial charge < -0.3 is 5.32 Å². The Morgan fingerprint density at radius 2 is 1.94 bits per heavy atom. The fourth-order valence-electron chi connectivity index (χ4n) is 1.65. The third kappa shape index (κ3) is 2.61. The topological polar surface area (TPSA) is 48.7 Å². The highest BCUT2D eigenvalue weighted by Crippen LogP contribution is 2.20. The Morgan fingerprint density at radius 1 is 1.18 bits per heavy atom. The van der Waals surface area contributed by atoms with Crippen LogP contribution in [0.25, 0.3) is 0 Å². The summed E-state index contributed by atoms with van der Waals surface area (Å²) < 4.78 is 0. The third-order valence-corrected chi connectivity index (χ3v) is 2.55. The lowest BCUT2D eigenvalue weighted by atomic mass is 10.1. The molecule has 0 bridgehead atoms. The fraction of sp³-hybridized carbons (Fsp3) is 0.143. The number of anilines is 1. The highest BCUT2D eigenvalue weighted by molar-refractivity contribution is 5.57. The molecule has 3 heteroatoms. The molecule has 1 aromatic heterocycles. The molecule has 1 atom stereocenters. The van der Waals surface area contributed by atoms with Crippen molar-refractivity contribution in [3.8, 4) is 6.07 Å². The number of aromatic nitrogens is 1. The summed E-state index contributed by atoms with van der Waals surface area (Å²) in [6, 6.07) is 15.5. The zero-order valence-corrected chi connectivity index (χ0v) is 9.59. The van der Waals surface area contributed by atoms with Gasteiger partial charge in [0.25, 0.3) is 0 Å². The average Bonchev–Trinajstić information content (AvgIpc) is 2.40. The fourth-order valence-corrected chi connectivity index (χ4v) is 1.65. The number of benzene rings is 1. The normalized spacial score (nSPS) is 11.5. The largest absolute Gasteiger partial charge is 0.376 e. The maximum Gasteiger partial charge on any atom is 0.101 e. The third-order valence-electron chi connectivity index (χ3n) is 2.55. The Labute approximate surface area is 101 Å². The van der Waals surface area contributed by atoms with Gasteiger partial charge in [-0.2, -0.15) is 5.26 Å². The van der Waals surface area contributed by atoms with Gasteiger partial charge in [0.1, 0.15) is 6.07 Å². The predicted molar refractivity (Wildman–Crippen MR) is 67.4 cm³/mol. The highest BCUT2D eigenvalue weighted by Gasteiger charge is 2.08. The minimum Gasteiger partial charge on any atom is -0.376 e. The van der Waals surface area contributed by atoms with E-state index in [0.717, 1.165) is 11.4 Å². The van der Waals surface area contributed by atoms with E-state index in [4.69, 9.17) is 5.26 Å². The first-order chi connectivity index (χ1) is 8.31. The number of hydrogen-bond acceptors (Lipinski definition) is 3. The van der Waals surface area contributed by atoms with Crippen LogP contribution in [0.1, 0.15) is 24.2 Å². The number of hydrogen-bond donors (Lipinski definition) is 1. The van der Waals surface area contributed by atoms with Gasteiger partial charge in [-0.25, -0.2) is 0 Å². The number of rotatable bonds is 3. The molecule has 0 aliphatic rings. The second-order valence-electron chi connectivity index (χ2n) is 3.78. The van der Waals surface area contributed by atoms with E-state index in [0.29, 0.717) is 5.56 Å². The monoisotopic (exact) mass is 223 g/mol. The zero-order valence-electron chi connectivity index (χ0n) is 9.59. The molecule has 0 unspecified atom stereocenters. The minimum absolute atomic E-state index is 0.0747. The Bertz CT molecular complexity index is 529. The quantitative estimate of drug-likeness (QED) is 0.869. The maximum atomic E-state index is 9.00. The van der Waals surface area contributed by atoms with E-state index in [2.05, 4.69) is 16.4 Å². The van der Waals surface area contributed by atoms with E-state index in [1.165, 1.54) is 0 Å². The second kappa shape index (κ2) is 5.13. The lowest BCUT2D eigenvalue weighted by Gasteiger charge is -2.15. The van der Waals surface area contributed by atoms with Gasteiger partial charge in [0.2, 0.25) is 0 Å². The zero-order chi connectivity index (χ0) is 12.1. The van der Waals surface area contributed by atoms with Gasteiger partial charge in [-0.3, -0.25) is 4.98 Å². The summed E-state index contributed by atoms with van der Waals surface area (Å²) in [5.41, 5.74) is 2.45. The van der Waals surface area contributed by atoms with E-state index in [-0.39, 0.29) is 6.04 Å². The molecule has 2 rings (SSSR count).